The Morgan fingerprint density at radius 1 is 1.38 bits per heavy atom. The van der Waals surface area contributed by atoms with Gasteiger partial charge in [-0.05, 0) is 27.2 Å². The van der Waals surface area contributed by atoms with Gasteiger partial charge in [0.1, 0.15) is 5.60 Å². The average Bonchev–Trinajstić information content (AvgIpc) is 2.13. The monoisotopic (exact) mass is 231 g/mol. The Hall–Kier alpha value is -0.770. The standard InChI is InChI=1S/C12H25NO3/c1-5-6-7-8-10(9-14)13-11(15)16-12(2,3)4/h10,14H,5-9H2,1-4H3,(H,13,15)/t10-/m1/s1. The Kier molecular flexibility index (Phi) is 7.13. The molecule has 0 fully saturated rings. The quantitative estimate of drug-likeness (QED) is 0.690. The van der Waals surface area contributed by atoms with E-state index in [-0.39, 0.29) is 12.6 Å². The van der Waals surface area contributed by atoms with Crippen molar-refractivity contribution in [1.29, 1.82) is 0 Å². The summed E-state index contributed by atoms with van der Waals surface area (Å²) in [6.07, 6.45) is 3.60. The fourth-order valence-corrected chi connectivity index (χ4v) is 1.32. The van der Waals surface area contributed by atoms with E-state index < -0.39 is 11.7 Å². The lowest BCUT2D eigenvalue weighted by Gasteiger charge is -2.22. The van der Waals surface area contributed by atoms with Crippen molar-refractivity contribution in [2.45, 2.75) is 65.0 Å². The summed E-state index contributed by atoms with van der Waals surface area (Å²) < 4.78 is 5.12. The lowest BCUT2D eigenvalue weighted by atomic mass is 10.1. The van der Waals surface area contributed by atoms with Gasteiger partial charge >= 0.3 is 6.09 Å². The molecular weight excluding hydrogens is 206 g/mol. The lowest BCUT2D eigenvalue weighted by molar-refractivity contribution is 0.0478. The number of unbranched alkanes of at least 4 members (excludes halogenated alkanes) is 2. The van der Waals surface area contributed by atoms with Crippen LogP contribution in [0.2, 0.25) is 0 Å². The van der Waals surface area contributed by atoms with Gasteiger partial charge in [-0.1, -0.05) is 26.2 Å². The van der Waals surface area contributed by atoms with Gasteiger partial charge in [-0.25, -0.2) is 4.79 Å². The van der Waals surface area contributed by atoms with E-state index >= 15 is 0 Å². The van der Waals surface area contributed by atoms with Crippen molar-refractivity contribution in [3.63, 3.8) is 0 Å². The second-order valence-electron chi connectivity index (χ2n) is 5.02. The van der Waals surface area contributed by atoms with Gasteiger partial charge in [-0.15, -0.1) is 0 Å². The van der Waals surface area contributed by atoms with Gasteiger partial charge in [0.15, 0.2) is 0 Å². The van der Waals surface area contributed by atoms with Crippen LogP contribution in [0.1, 0.15) is 53.4 Å². The predicted octanol–water partition coefficient (Wildman–Crippen LogP) is 2.45. The van der Waals surface area contributed by atoms with E-state index in [1.165, 1.54) is 0 Å². The normalized spacial score (nSPS) is 13.3. The molecule has 0 aromatic carbocycles. The molecule has 0 heterocycles. The van der Waals surface area contributed by atoms with Gasteiger partial charge in [0.2, 0.25) is 0 Å². The number of carbonyl (C=O) groups excluding carboxylic acids is 1. The molecule has 0 saturated carbocycles. The Balaban J connectivity index is 3.88. The summed E-state index contributed by atoms with van der Waals surface area (Å²) >= 11 is 0. The van der Waals surface area contributed by atoms with Crippen LogP contribution in [-0.2, 0) is 4.74 Å². The van der Waals surface area contributed by atoms with Crippen LogP contribution in [0.4, 0.5) is 4.79 Å². The summed E-state index contributed by atoms with van der Waals surface area (Å²) in [6, 6.07) is -0.193. The third-order valence-electron chi connectivity index (χ3n) is 2.10. The van der Waals surface area contributed by atoms with E-state index in [9.17, 15) is 4.79 Å². The largest absolute Gasteiger partial charge is 0.444 e. The van der Waals surface area contributed by atoms with Gasteiger partial charge in [0.05, 0.1) is 12.6 Å². The number of aliphatic hydroxyl groups is 1. The van der Waals surface area contributed by atoms with E-state index in [1.807, 2.05) is 20.8 Å². The molecule has 0 aromatic rings. The van der Waals surface area contributed by atoms with Crippen molar-refractivity contribution < 1.29 is 14.6 Å². The Labute approximate surface area is 98.4 Å². The first-order valence-corrected chi connectivity index (χ1v) is 5.99. The fourth-order valence-electron chi connectivity index (χ4n) is 1.32. The fraction of sp³-hybridized carbons (Fsp3) is 0.917. The van der Waals surface area contributed by atoms with Crippen LogP contribution in [-0.4, -0.2) is 29.4 Å². The molecular formula is C12H25NO3. The first-order valence-electron chi connectivity index (χ1n) is 5.99. The van der Waals surface area contributed by atoms with E-state index in [0.717, 1.165) is 25.7 Å². The van der Waals surface area contributed by atoms with Crippen molar-refractivity contribution in [3.8, 4) is 0 Å². The zero-order valence-corrected chi connectivity index (χ0v) is 10.9. The molecule has 0 spiro atoms. The molecule has 1 amide bonds. The van der Waals surface area contributed by atoms with E-state index in [1.54, 1.807) is 0 Å². The molecule has 4 nitrogen and oxygen atoms in total. The van der Waals surface area contributed by atoms with Gasteiger partial charge in [0, 0.05) is 0 Å². The molecule has 0 aliphatic carbocycles. The van der Waals surface area contributed by atoms with Crippen LogP contribution in [0.15, 0.2) is 0 Å². The highest BCUT2D eigenvalue weighted by molar-refractivity contribution is 5.68. The van der Waals surface area contributed by atoms with Gasteiger partial charge in [-0.3, -0.25) is 0 Å². The summed E-state index contributed by atoms with van der Waals surface area (Å²) in [7, 11) is 0. The maximum Gasteiger partial charge on any atom is 0.407 e. The zero-order valence-electron chi connectivity index (χ0n) is 10.9. The molecule has 0 aliphatic rings. The number of hydrogen-bond donors (Lipinski definition) is 2. The van der Waals surface area contributed by atoms with Crippen LogP contribution in [0.25, 0.3) is 0 Å². The second kappa shape index (κ2) is 7.49. The van der Waals surface area contributed by atoms with Crippen molar-refractivity contribution in [2.75, 3.05) is 6.61 Å². The third-order valence-corrected chi connectivity index (χ3v) is 2.10. The molecule has 0 bridgehead atoms. The highest BCUT2D eigenvalue weighted by atomic mass is 16.6. The summed E-state index contributed by atoms with van der Waals surface area (Å²) in [4.78, 5) is 11.4. The highest BCUT2D eigenvalue weighted by Crippen LogP contribution is 2.08. The molecule has 0 aromatic heterocycles. The van der Waals surface area contributed by atoms with Crippen molar-refractivity contribution >= 4 is 6.09 Å². The molecule has 96 valence electrons. The number of rotatable bonds is 6. The molecule has 0 rings (SSSR count). The minimum atomic E-state index is -0.493. The summed E-state index contributed by atoms with van der Waals surface area (Å²) in [6.45, 7) is 7.53. The maximum absolute atomic E-state index is 11.4. The highest BCUT2D eigenvalue weighted by Gasteiger charge is 2.18. The molecule has 1 atom stereocenters. The zero-order chi connectivity index (χ0) is 12.6. The summed E-state index contributed by atoms with van der Waals surface area (Å²) in [5, 5.41) is 11.8. The summed E-state index contributed by atoms with van der Waals surface area (Å²) in [5.41, 5.74) is -0.493. The first-order chi connectivity index (χ1) is 7.39. The number of aliphatic hydroxyl groups excluding tert-OH is 1. The van der Waals surface area contributed by atoms with Crippen LogP contribution in [0.3, 0.4) is 0 Å². The van der Waals surface area contributed by atoms with Crippen LogP contribution < -0.4 is 5.32 Å². The van der Waals surface area contributed by atoms with Crippen LogP contribution in [0, 0.1) is 0 Å². The molecule has 0 saturated heterocycles. The SMILES string of the molecule is CCCCC[C@H](CO)NC(=O)OC(C)(C)C. The van der Waals surface area contributed by atoms with Gasteiger partial charge in [-0.2, -0.15) is 0 Å². The first kappa shape index (κ1) is 15.2. The Morgan fingerprint density at radius 3 is 2.44 bits per heavy atom. The molecule has 2 N–H and O–H groups in total. The number of ether oxygens (including phenoxy) is 1. The van der Waals surface area contributed by atoms with Gasteiger partial charge < -0.3 is 15.2 Å². The molecule has 16 heavy (non-hydrogen) atoms. The molecule has 0 radical (unpaired) electrons. The maximum atomic E-state index is 11.4. The predicted molar refractivity (Wildman–Crippen MR) is 64.4 cm³/mol. The van der Waals surface area contributed by atoms with Crippen LogP contribution >= 0.6 is 0 Å². The van der Waals surface area contributed by atoms with Crippen molar-refractivity contribution in [3.05, 3.63) is 0 Å². The third kappa shape index (κ3) is 8.53. The van der Waals surface area contributed by atoms with Gasteiger partial charge in [0.25, 0.3) is 0 Å². The number of hydrogen-bond acceptors (Lipinski definition) is 3. The number of nitrogens with one attached hydrogen (secondary N) is 1. The number of alkyl carbamates (subject to hydrolysis) is 1. The Bertz CT molecular complexity index is 199. The van der Waals surface area contributed by atoms with E-state index in [0.29, 0.717) is 0 Å². The average molecular weight is 231 g/mol. The Morgan fingerprint density at radius 2 is 2.00 bits per heavy atom. The summed E-state index contributed by atoms with van der Waals surface area (Å²) in [5.74, 6) is 0. The van der Waals surface area contributed by atoms with Crippen molar-refractivity contribution in [2.24, 2.45) is 0 Å². The minimum absolute atomic E-state index is 0.0387. The van der Waals surface area contributed by atoms with Crippen LogP contribution in [0.5, 0.6) is 0 Å². The topological polar surface area (TPSA) is 58.6 Å². The molecule has 4 heteroatoms. The van der Waals surface area contributed by atoms with E-state index in [4.69, 9.17) is 9.84 Å². The molecule has 0 aliphatic heterocycles. The smallest absolute Gasteiger partial charge is 0.407 e. The number of carbonyl (C=O) groups is 1. The number of amides is 1. The molecule has 0 unspecified atom stereocenters. The minimum Gasteiger partial charge on any atom is -0.444 e. The van der Waals surface area contributed by atoms with Crippen molar-refractivity contribution in [1.82, 2.24) is 5.32 Å². The lowest BCUT2D eigenvalue weighted by Crippen LogP contribution is -2.40. The second-order valence-corrected chi connectivity index (χ2v) is 5.02. The van der Waals surface area contributed by atoms with E-state index in [2.05, 4.69) is 12.2 Å².